The van der Waals surface area contributed by atoms with Crippen molar-refractivity contribution in [3.8, 4) is 0 Å². The van der Waals surface area contributed by atoms with Gasteiger partial charge >= 0.3 is 0 Å². The van der Waals surface area contributed by atoms with Crippen molar-refractivity contribution < 1.29 is 18.0 Å². The van der Waals surface area contributed by atoms with Gasteiger partial charge in [-0.2, -0.15) is 0 Å². The largest absolute Gasteiger partial charge is 0.414 e. The van der Waals surface area contributed by atoms with Crippen LogP contribution in [-0.2, 0) is 18.0 Å². The molecule has 1 aliphatic heterocycles. The van der Waals surface area contributed by atoms with Gasteiger partial charge in [-0.1, -0.05) is 160 Å². The first-order valence-electron chi connectivity index (χ1n) is 18.0. The summed E-state index contributed by atoms with van der Waals surface area (Å²) in [6.45, 7) is 36.2. The number of hydrogen-bond donors (Lipinski definition) is 0. The molecule has 0 spiro atoms. The van der Waals surface area contributed by atoms with Gasteiger partial charge < -0.3 is 18.0 Å². The Balaban J connectivity index is 2.00. The Morgan fingerprint density at radius 1 is 0.745 bits per heavy atom. The number of ether oxygens (including phenoxy) is 1. The monoisotopic (exact) mass is 762 g/mol. The van der Waals surface area contributed by atoms with Crippen LogP contribution in [0.4, 0.5) is 0 Å². The summed E-state index contributed by atoms with van der Waals surface area (Å²) in [7, 11) is -6.87. The lowest BCUT2D eigenvalue weighted by molar-refractivity contribution is -0.0670. The lowest BCUT2D eigenvalue weighted by Crippen LogP contribution is -2.66. The maximum atomic E-state index is 7.57. The molecular weight excluding hydrogens is 697 g/mol. The summed E-state index contributed by atoms with van der Waals surface area (Å²) in [5, 5.41) is 2.64. The molecule has 1 saturated heterocycles. The van der Waals surface area contributed by atoms with E-state index in [0.717, 1.165) is 6.42 Å². The molecule has 4 nitrogen and oxygen atoms in total. The van der Waals surface area contributed by atoms with Crippen molar-refractivity contribution >= 4 is 51.3 Å². The molecule has 4 atom stereocenters. The summed E-state index contributed by atoms with van der Waals surface area (Å²) >= 11 is 4.22. The highest BCUT2D eigenvalue weighted by Crippen LogP contribution is 2.49. The van der Waals surface area contributed by atoms with E-state index < -0.39 is 30.6 Å². The number of benzene rings is 2. The third kappa shape index (κ3) is 8.32. The molecule has 0 aliphatic carbocycles. The molecule has 2 aromatic rings. The summed E-state index contributed by atoms with van der Waals surface area (Å²) in [4.78, 5) is 0.00824. The van der Waals surface area contributed by atoms with Gasteiger partial charge in [-0.3, -0.25) is 0 Å². The predicted molar refractivity (Wildman–Crippen MR) is 213 cm³/mol. The summed E-state index contributed by atoms with van der Waals surface area (Å²) in [5.74, 6) is 0. The molecule has 1 heterocycles. The van der Waals surface area contributed by atoms with Gasteiger partial charge in [0.2, 0.25) is 8.32 Å². The normalized spacial score (nSPS) is 23.3. The van der Waals surface area contributed by atoms with Crippen LogP contribution in [-0.4, -0.2) is 60.8 Å². The van der Waals surface area contributed by atoms with Crippen LogP contribution in [0.25, 0.3) is 0 Å². The van der Waals surface area contributed by atoms with Gasteiger partial charge in [0, 0.05) is 6.61 Å². The van der Waals surface area contributed by atoms with Crippen molar-refractivity contribution in [3.05, 3.63) is 60.7 Å². The van der Waals surface area contributed by atoms with Gasteiger partial charge in [-0.25, -0.2) is 0 Å². The quantitative estimate of drug-likeness (QED) is 0.142. The van der Waals surface area contributed by atoms with Gasteiger partial charge in [0.25, 0.3) is 8.32 Å². The van der Waals surface area contributed by atoms with E-state index in [1.54, 1.807) is 0 Å². The van der Waals surface area contributed by atoms with Gasteiger partial charge in [0.1, 0.15) is 6.10 Å². The van der Waals surface area contributed by atoms with E-state index in [2.05, 4.69) is 180 Å². The van der Waals surface area contributed by atoms with Gasteiger partial charge in [-0.05, 0) is 63.5 Å². The number of rotatable bonds is 14. The molecule has 1 fully saturated rings. The molecule has 1 aliphatic rings. The molecule has 0 bridgehead atoms. The first kappa shape index (κ1) is 40.8. The average molecular weight is 764 g/mol. The van der Waals surface area contributed by atoms with Crippen LogP contribution in [0.5, 0.6) is 0 Å². The zero-order valence-electron chi connectivity index (χ0n) is 32.4. The van der Waals surface area contributed by atoms with Gasteiger partial charge in [-0.15, -0.1) is 0 Å². The average Bonchev–Trinajstić information content (AvgIpc) is 3.20. The van der Waals surface area contributed by atoms with Crippen LogP contribution in [0.1, 0.15) is 96.4 Å². The second-order valence-electron chi connectivity index (χ2n) is 17.6. The van der Waals surface area contributed by atoms with Crippen molar-refractivity contribution in [2.24, 2.45) is 0 Å². The molecule has 0 unspecified atom stereocenters. The Hall–Kier alpha value is -0.589. The van der Waals surface area contributed by atoms with E-state index in [9.17, 15) is 0 Å². The van der Waals surface area contributed by atoms with Crippen LogP contribution < -0.4 is 10.4 Å². The van der Waals surface area contributed by atoms with Crippen LogP contribution in [0.2, 0.25) is 39.8 Å². The highest BCUT2D eigenvalue weighted by atomic mass is 79.9. The maximum absolute atomic E-state index is 7.57. The smallest absolute Gasteiger partial charge is 0.261 e. The maximum Gasteiger partial charge on any atom is 0.261 e. The van der Waals surface area contributed by atoms with E-state index in [-0.39, 0.29) is 27.1 Å². The zero-order chi connectivity index (χ0) is 35.6. The lowest BCUT2D eigenvalue weighted by Gasteiger charge is -2.46. The van der Waals surface area contributed by atoms with Crippen molar-refractivity contribution in [2.75, 3.05) is 13.2 Å². The van der Waals surface area contributed by atoms with Crippen molar-refractivity contribution in [2.45, 2.75) is 159 Å². The molecule has 0 amide bonds. The molecule has 0 N–H and O–H groups in total. The number of hydrogen-bond acceptors (Lipinski definition) is 4. The van der Waals surface area contributed by atoms with E-state index in [1.165, 1.54) is 10.4 Å². The SMILES string of the molecule is CC(C)[Si](O[C@@H]1[C@@H](CO[Si](C)(C)C(C)(C)C)O[C@](C)(CCO[Si](c2ccccc2)(c2ccccc2)C(C)(C)C)[C@H]1Br)(C(C)C)C(C)C. The first-order chi connectivity index (χ1) is 21.6. The van der Waals surface area contributed by atoms with Crippen LogP contribution in [0, 0.1) is 0 Å². The third-order valence-electron chi connectivity index (χ3n) is 11.5. The molecule has 8 heteroatoms. The standard InChI is InChI=1S/C39H67BrO4Si3/c1-29(2)46(30(3)4,31(5)6)44-35-34(28-42-45(14,15)37(7,8)9)43-39(13,36(35)40)26-27-41-47(38(10,11)12,32-22-18-16-19-23-32)33-24-20-17-21-25-33/h16-25,29-31,34-36H,26-28H2,1-15H3/t34-,35-,36+,39-/m1/s1. The van der Waals surface area contributed by atoms with E-state index >= 15 is 0 Å². The highest BCUT2D eigenvalue weighted by molar-refractivity contribution is 9.09. The molecule has 0 radical (unpaired) electrons. The summed E-state index contributed by atoms with van der Waals surface area (Å²) in [6, 6.07) is 21.8. The molecule has 0 saturated carbocycles. The van der Waals surface area contributed by atoms with Gasteiger partial charge in [0.05, 0.1) is 23.1 Å². The fourth-order valence-corrected chi connectivity index (χ4v) is 19.9. The Morgan fingerprint density at radius 3 is 1.57 bits per heavy atom. The lowest BCUT2D eigenvalue weighted by atomic mass is 9.97. The molecule has 3 rings (SSSR count). The molecule has 0 aromatic heterocycles. The Kier molecular flexibility index (Phi) is 13.3. The summed E-state index contributed by atoms with van der Waals surface area (Å²) in [6.07, 6.45) is 0.495. The van der Waals surface area contributed by atoms with Crippen molar-refractivity contribution in [3.63, 3.8) is 0 Å². The topological polar surface area (TPSA) is 36.9 Å². The Morgan fingerprint density at radius 2 is 1.19 bits per heavy atom. The van der Waals surface area contributed by atoms with E-state index in [1.807, 2.05) is 0 Å². The first-order valence-corrected chi connectivity index (χ1v) is 25.8. The minimum absolute atomic E-state index is 0.00824. The molecule has 47 heavy (non-hydrogen) atoms. The Bertz CT molecular complexity index is 1200. The van der Waals surface area contributed by atoms with Crippen molar-refractivity contribution in [1.82, 2.24) is 0 Å². The second kappa shape index (κ2) is 15.3. The summed E-state index contributed by atoms with van der Waals surface area (Å²) < 4.78 is 29.0. The number of halogens is 1. The minimum Gasteiger partial charge on any atom is -0.414 e. The van der Waals surface area contributed by atoms with E-state index in [0.29, 0.717) is 29.8 Å². The Labute approximate surface area is 300 Å². The zero-order valence-corrected chi connectivity index (χ0v) is 37.0. The summed E-state index contributed by atoms with van der Waals surface area (Å²) in [5.41, 5.74) is 0.960. The fourth-order valence-electron chi connectivity index (χ4n) is 7.79. The fraction of sp³-hybridized carbons (Fsp3) is 0.692. The van der Waals surface area contributed by atoms with Gasteiger partial charge in [0.15, 0.2) is 8.32 Å². The molecule has 2 aromatic carbocycles. The van der Waals surface area contributed by atoms with E-state index in [4.69, 9.17) is 18.0 Å². The molecular formula is C39H67BrO4Si3. The molecule has 266 valence electrons. The highest BCUT2D eigenvalue weighted by Gasteiger charge is 2.57. The minimum atomic E-state index is -2.67. The predicted octanol–water partition coefficient (Wildman–Crippen LogP) is 10.5. The van der Waals surface area contributed by atoms with Crippen LogP contribution in [0.15, 0.2) is 60.7 Å². The van der Waals surface area contributed by atoms with Crippen LogP contribution in [0.3, 0.4) is 0 Å². The van der Waals surface area contributed by atoms with Crippen LogP contribution >= 0.6 is 15.9 Å². The third-order valence-corrected chi connectivity index (χ3v) is 28.6. The number of alkyl halides is 1. The second-order valence-corrected chi connectivity index (χ2v) is 33.1. The van der Waals surface area contributed by atoms with Crippen molar-refractivity contribution in [1.29, 1.82) is 0 Å².